The third kappa shape index (κ3) is 4.52. The van der Waals surface area contributed by atoms with Crippen molar-refractivity contribution in [1.29, 1.82) is 0 Å². The minimum absolute atomic E-state index is 0.0249. The fraction of sp³-hybridized carbons (Fsp3) is 0.923. The van der Waals surface area contributed by atoms with Crippen LogP contribution in [0, 0.1) is 17.3 Å². The van der Waals surface area contributed by atoms with E-state index < -0.39 is 0 Å². The molecule has 0 aromatic carbocycles. The molecule has 0 saturated carbocycles. The minimum Gasteiger partial charge on any atom is -0.354 e. The molecule has 2 atom stereocenters. The maximum absolute atomic E-state index is 11.8. The van der Waals surface area contributed by atoms with Crippen molar-refractivity contribution >= 4 is 5.91 Å². The fourth-order valence-electron chi connectivity index (χ4n) is 1.15. The molecular weight excluding hydrogens is 200 g/mol. The highest BCUT2D eigenvalue weighted by molar-refractivity contribution is 5.81. The van der Waals surface area contributed by atoms with Crippen LogP contribution in [0.2, 0.25) is 0 Å². The molecule has 0 aromatic rings. The van der Waals surface area contributed by atoms with Crippen LogP contribution in [0.1, 0.15) is 48.0 Å². The lowest BCUT2D eigenvalue weighted by atomic mass is 9.81. The van der Waals surface area contributed by atoms with Crippen molar-refractivity contribution in [3.05, 3.63) is 0 Å². The molecule has 16 heavy (non-hydrogen) atoms. The normalized spacial score (nSPS) is 16.0. The van der Waals surface area contributed by atoms with Gasteiger partial charge in [0, 0.05) is 6.54 Å². The summed E-state index contributed by atoms with van der Waals surface area (Å²) in [4.78, 5) is 11.8. The first-order valence-corrected chi connectivity index (χ1v) is 6.25. The summed E-state index contributed by atoms with van der Waals surface area (Å²) < 4.78 is 0. The predicted molar refractivity (Wildman–Crippen MR) is 69.1 cm³/mol. The van der Waals surface area contributed by atoms with Gasteiger partial charge in [0.2, 0.25) is 5.91 Å². The first-order valence-electron chi connectivity index (χ1n) is 6.25. The van der Waals surface area contributed by atoms with Crippen molar-refractivity contribution in [2.24, 2.45) is 23.0 Å². The number of carbonyl (C=O) groups excluding carboxylic acids is 1. The quantitative estimate of drug-likeness (QED) is 0.732. The highest BCUT2D eigenvalue weighted by Crippen LogP contribution is 2.24. The Morgan fingerprint density at radius 1 is 1.31 bits per heavy atom. The molecule has 0 rings (SSSR count). The molecule has 0 aromatic heterocycles. The van der Waals surface area contributed by atoms with E-state index in [-0.39, 0.29) is 23.3 Å². The van der Waals surface area contributed by atoms with Crippen LogP contribution in [0.5, 0.6) is 0 Å². The molecule has 3 N–H and O–H groups in total. The molecule has 0 bridgehead atoms. The van der Waals surface area contributed by atoms with E-state index in [1.165, 1.54) is 0 Å². The molecule has 0 fully saturated rings. The van der Waals surface area contributed by atoms with Gasteiger partial charge in [-0.1, -0.05) is 48.0 Å². The minimum atomic E-state index is -0.382. The van der Waals surface area contributed by atoms with Crippen molar-refractivity contribution in [3.63, 3.8) is 0 Å². The Morgan fingerprint density at radius 2 is 1.81 bits per heavy atom. The van der Waals surface area contributed by atoms with Gasteiger partial charge in [-0.15, -0.1) is 0 Å². The van der Waals surface area contributed by atoms with E-state index in [0.717, 1.165) is 6.42 Å². The van der Waals surface area contributed by atoms with Crippen LogP contribution < -0.4 is 11.1 Å². The van der Waals surface area contributed by atoms with Gasteiger partial charge in [-0.25, -0.2) is 0 Å². The molecule has 0 aliphatic heterocycles. The van der Waals surface area contributed by atoms with E-state index in [1.54, 1.807) is 0 Å². The third-order valence-corrected chi connectivity index (χ3v) is 3.84. The Bertz CT molecular complexity index is 224. The van der Waals surface area contributed by atoms with Crippen LogP contribution in [-0.2, 0) is 4.79 Å². The number of rotatable bonds is 6. The summed E-state index contributed by atoms with van der Waals surface area (Å²) in [7, 11) is 0. The fourth-order valence-corrected chi connectivity index (χ4v) is 1.15. The second-order valence-corrected chi connectivity index (χ2v) is 5.77. The molecule has 0 radical (unpaired) electrons. The first-order chi connectivity index (χ1) is 7.22. The van der Waals surface area contributed by atoms with E-state index in [0.29, 0.717) is 12.5 Å². The zero-order valence-corrected chi connectivity index (χ0v) is 11.6. The summed E-state index contributed by atoms with van der Waals surface area (Å²) in [5.74, 6) is 0.748. The molecule has 0 heterocycles. The Balaban J connectivity index is 4.17. The first kappa shape index (κ1) is 15.4. The van der Waals surface area contributed by atoms with Crippen LogP contribution in [0.15, 0.2) is 0 Å². The van der Waals surface area contributed by atoms with E-state index in [1.807, 2.05) is 6.92 Å². The van der Waals surface area contributed by atoms with Crippen LogP contribution >= 0.6 is 0 Å². The Hall–Kier alpha value is -0.570. The van der Waals surface area contributed by atoms with Crippen LogP contribution in [0.3, 0.4) is 0 Å². The van der Waals surface area contributed by atoms with Crippen molar-refractivity contribution in [2.45, 2.75) is 54.0 Å². The summed E-state index contributed by atoms with van der Waals surface area (Å²) >= 11 is 0. The lowest BCUT2D eigenvalue weighted by Gasteiger charge is -2.30. The van der Waals surface area contributed by atoms with Gasteiger partial charge in [-0.05, 0) is 17.3 Å². The lowest BCUT2D eigenvalue weighted by Crippen LogP contribution is -2.47. The highest BCUT2D eigenvalue weighted by atomic mass is 16.2. The molecule has 0 saturated heterocycles. The van der Waals surface area contributed by atoms with E-state index in [4.69, 9.17) is 5.73 Å². The number of carbonyl (C=O) groups is 1. The molecule has 3 nitrogen and oxygen atoms in total. The monoisotopic (exact) mass is 228 g/mol. The molecule has 3 heteroatoms. The number of hydrogen-bond acceptors (Lipinski definition) is 2. The molecule has 0 aliphatic carbocycles. The van der Waals surface area contributed by atoms with Gasteiger partial charge in [0.1, 0.15) is 0 Å². The summed E-state index contributed by atoms with van der Waals surface area (Å²) in [6.45, 7) is 13.4. The van der Waals surface area contributed by atoms with Crippen molar-refractivity contribution < 1.29 is 4.79 Å². The van der Waals surface area contributed by atoms with E-state index >= 15 is 0 Å². The van der Waals surface area contributed by atoms with Crippen LogP contribution in [0.4, 0.5) is 0 Å². The maximum Gasteiger partial charge on any atom is 0.237 e. The standard InChI is InChI=1S/C13H28N2O/c1-7-10(4)11(14)12(16)15-8-13(5,6)9(2)3/h9-11H,7-8,14H2,1-6H3,(H,15,16)/t10-,11-/m0/s1. The largest absolute Gasteiger partial charge is 0.354 e. The molecule has 96 valence electrons. The van der Waals surface area contributed by atoms with E-state index in [2.05, 4.69) is 39.9 Å². The second kappa shape index (κ2) is 6.24. The Morgan fingerprint density at radius 3 is 2.19 bits per heavy atom. The SMILES string of the molecule is CC[C@H](C)[C@H](N)C(=O)NCC(C)(C)C(C)C. The molecule has 1 amide bonds. The van der Waals surface area contributed by atoms with Gasteiger partial charge in [-0.3, -0.25) is 4.79 Å². The van der Waals surface area contributed by atoms with Crippen LogP contribution in [-0.4, -0.2) is 18.5 Å². The zero-order chi connectivity index (χ0) is 12.9. The Labute approximate surface area is 100 Å². The molecule has 0 unspecified atom stereocenters. The maximum atomic E-state index is 11.8. The van der Waals surface area contributed by atoms with E-state index in [9.17, 15) is 4.79 Å². The van der Waals surface area contributed by atoms with Crippen molar-refractivity contribution in [1.82, 2.24) is 5.32 Å². The summed E-state index contributed by atoms with van der Waals surface area (Å²) in [5.41, 5.74) is 5.98. The average Bonchev–Trinajstić information content (AvgIpc) is 2.23. The molecule has 0 aliphatic rings. The van der Waals surface area contributed by atoms with Gasteiger partial charge in [0.15, 0.2) is 0 Å². The van der Waals surface area contributed by atoms with Gasteiger partial charge in [0.25, 0.3) is 0 Å². The Kier molecular flexibility index (Phi) is 6.01. The summed E-state index contributed by atoms with van der Waals surface area (Å²) in [6, 6.07) is -0.382. The average molecular weight is 228 g/mol. The number of hydrogen-bond donors (Lipinski definition) is 2. The summed E-state index contributed by atoms with van der Waals surface area (Å²) in [5, 5.41) is 2.96. The lowest BCUT2D eigenvalue weighted by molar-refractivity contribution is -0.124. The van der Waals surface area contributed by atoms with Crippen molar-refractivity contribution in [2.75, 3.05) is 6.54 Å². The topological polar surface area (TPSA) is 55.1 Å². The molecule has 0 spiro atoms. The number of nitrogens with two attached hydrogens (primary N) is 1. The van der Waals surface area contributed by atoms with Gasteiger partial charge < -0.3 is 11.1 Å². The second-order valence-electron chi connectivity index (χ2n) is 5.77. The van der Waals surface area contributed by atoms with Gasteiger partial charge in [0.05, 0.1) is 6.04 Å². The smallest absolute Gasteiger partial charge is 0.237 e. The highest BCUT2D eigenvalue weighted by Gasteiger charge is 2.25. The van der Waals surface area contributed by atoms with Crippen LogP contribution in [0.25, 0.3) is 0 Å². The van der Waals surface area contributed by atoms with Gasteiger partial charge >= 0.3 is 0 Å². The van der Waals surface area contributed by atoms with Gasteiger partial charge in [-0.2, -0.15) is 0 Å². The molecular formula is C13H28N2O. The summed E-state index contributed by atoms with van der Waals surface area (Å²) in [6.07, 6.45) is 0.933. The number of amides is 1. The zero-order valence-electron chi connectivity index (χ0n) is 11.6. The predicted octanol–water partition coefficient (Wildman–Crippen LogP) is 2.16. The number of nitrogens with one attached hydrogen (secondary N) is 1. The third-order valence-electron chi connectivity index (χ3n) is 3.84. The van der Waals surface area contributed by atoms with Crippen molar-refractivity contribution in [3.8, 4) is 0 Å².